The van der Waals surface area contributed by atoms with Crippen molar-refractivity contribution in [2.24, 2.45) is 0 Å². The average Bonchev–Trinajstić information content (AvgIpc) is 2.83. The largest absolute Gasteiger partial charge is 0.488 e. The van der Waals surface area contributed by atoms with E-state index in [9.17, 15) is 4.39 Å². The number of hydrogen-bond donors (Lipinski definition) is 1. The number of fused-ring (bicyclic) bond motifs is 1. The van der Waals surface area contributed by atoms with Crippen LogP contribution in [0.15, 0.2) is 18.2 Å². The fourth-order valence-electron chi connectivity index (χ4n) is 2.21. The van der Waals surface area contributed by atoms with Crippen LogP contribution in [0.4, 0.5) is 4.39 Å². The molecule has 0 bridgehead atoms. The molecule has 112 valence electrons. The lowest BCUT2D eigenvalue weighted by atomic mass is 10.1. The van der Waals surface area contributed by atoms with Crippen molar-refractivity contribution < 1.29 is 18.6 Å². The van der Waals surface area contributed by atoms with Crippen LogP contribution < -0.4 is 10.1 Å². The van der Waals surface area contributed by atoms with E-state index in [4.69, 9.17) is 14.2 Å². The van der Waals surface area contributed by atoms with Gasteiger partial charge in [0, 0.05) is 32.2 Å². The Kier molecular flexibility index (Phi) is 6.24. The van der Waals surface area contributed by atoms with Crippen molar-refractivity contribution in [3.63, 3.8) is 0 Å². The maximum atomic E-state index is 13.1. The topological polar surface area (TPSA) is 39.7 Å². The zero-order valence-electron chi connectivity index (χ0n) is 11.9. The van der Waals surface area contributed by atoms with Crippen LogP contribution in [0.5, 0.6) is 5.75 Å². The Morgan fingerprint density at radius 2 is 2.25 bits per heavy atom. The molecule has 1 atom stereocenters. The summed E-state index contributed by atoms with van der Waals surface area (Å²) in [5, 5.41) is 3.34. The summed E-state index contributed by atoms with van der Waals surface area (Å²) in [7, 11) is 1.66. The van der Waals surface area contributed by atoms with Crippen molar-refractivity contribution in [3.8, 4) is 5.75 Å². The van der Waals surface area contributed by atoms with Gasteiger partial charge >= 0.3 is 0 Å². The van der Waals surface area contributed by atoms with Gasteiger partial charge in [-0.15, -0.1) is 0 Å². The summed E-state index contributed by atoms with van der Waals surface area (Å²) in [5.74, 6) is 0.607. The van der Waals surface area contributed by atoms with Gasteiger partial charge in [-0.05, 0) is 31.2 Å². The second-order valence-electron chi connectivity index (χ2n) is 4.86. The Morgan fingerprint density at radius 1 is 1.35 bits per heavy atom. The molecule has 4 nitrogen and oxygen atoms in total. The first kappa shape index (κ1) is 15.2. The van der Waals surface area contributed by atoms with Crippen molar-refractivity contribution in [1.29, 1.82) is 0 Å². The third-order valence-electron chi connectivity index (χ3n) is 3.21. The third kappa shape index (κ3) is 4.74. The second kappa shape index (κ2) is 8.19. The SMILES string of the molecule is COCCOCCCNCC1Cc2cc(F)ccc2O1. The Balaban J connectivity index is 1.54. The fraction of sp³-hybridized carbons (Fsp3) is 0.600. The van der Waals surface area contributed by atoms with E-state index in [2.05, 4.69) is 5.32 Å². The van der Waals surface area contributed by atoms with E-state index in [1.54, 1.807) is 19.2 Å². The fourth-order valence-corrected chi connectivity index (χ4v) is 2.21. The van der Waals surface area contributed by atoms with Crippen LogP contribution in [-0.4, -0.2) is 46.1 Å². The number of benzene rings is 1. The Hall–Kier alpha value is -1.17. The van der Waals surface area contributed by atoms with Crippen molar-refractivity contribution >= 4 is 0 Å². The summed E-state index contributed by atoms with van der Waals surface area (Å²) in [6, 6.07) is 4.69. The minimum Gasteiger partial charge on any atom is -0.488 e. The predicted molar refractivity (Wildman–Crippen MR) is 74.7 cm³/mol. The summed E-state index contributed by atoms with van der Waals surface area (Å²) >= 11 is 0. The number of rotatable bonds is 9. The van der Waals surface area contributed by atoms with Gasteiger partial charge in [0.1, 0.15) is 17.7 Å². The predicted octanol–water partition coefficient (Wildman–Crippen LogP) is 1.77. The van der Waals surface area contributed by atoms with Crippen molar-refractivity contribution in [1.82, 2.24) is 5.32 Å². The molecule has 0 saturated carbocycles. The molecule has 2 rings (SSSR count). The van der Waals surface area contributed by atoms with Crippen LogP contribution in [0.25, 0.3) is 0 Å². The lowest BCUT2D eigenvalue weighted by Crippen LogP contribution is -2.31. The first-order valence-corrected chi connectivity index (χ1v) is 7.02. The molecule has 0 saturated heterocycles. The molecule has 1 aromatic carbocycles. The van der Waals surface area contributed by atoms with Gasteiger partial charge in [0.25, 0.3) is 0 Å². The lowest BCUT2D eigenvalue weighted by Gasteiger charge is -2.11. The highest BCUT2D eigenvalue weighted by molar-refractivity contribution is 5.37. The molecule has 0 fully saturated rings. The highest BCUT2D eigenvalue weighted by Gasteiger charge is 2.22. The zero-order valence-corrected chi connectivity index (χ0v) is 11.9. The summed E-state index contributed by atoms with van der Waals surface area (Å²) in [4.78, 5) is 0. The van der Waals surface area contributed by atoms with E-state index in [1.165, 1.54) is 6.07 Å². The highest BCUT2D eigenvalue weighted by Crippen LogP contribution is 2.28. The quantitative estimate of drug-likeness (QED) is 0.701. The zero-order chi connectivity index (χ0) is 14.2. The molecule has 1 heterocycles. The molecule has 1 aliphatic rings. The van der Waals surface area contributed by atoms with Crippen LogP contribution in [0.1, 0.15) is 12.0 Å². The summed E-state index contributed by atoms with van der Waals surface area (Å²) in [5.41, 5.74) is 0.958. The molecular formula is C15H22FNO3. The molecule has 1 N–H and O–H groups in total. The Morgan fingerprint density at radius 3 is 3.10 bits per heavy atom. The third-order valence-corrected chi connectivity index (χ3v) is 3.21. The molecule has 1 unspecified atom stereocenters. The van der Waals surface area contributed by atoms with Crippen LogP contribution in [0.3, 0.4) is 0 Å². The first-order valence-electron chi connectivity index (χ1n) is 7.02. The molecule has 5 heteroatoms. The Bertz CT molecular complexity index is 414. The van der Waals surface area contributed by atoms with E-state index >= 15 is 0 Å². The summed E-state index contributed by atoms with van der Waals surface area (Å²) < 4.78 is 29.1. The van der Waals surface area contributed by atoms with Crippen molar-refractivity contribution in [2.75, 3.05) is 40.0 Å². The van der Waals surface area contributed by atoms with Crippen LogP contribution in [0.2, 0.25) is 0 Å². The molecule has 1 aromatic rings. The maximum absolute atomic E-state index is 13.1. The second-order valence-corrected chi connectivity index (χ2v) is 4.86. The minimum absolute atomic E-state index is 0.0983. The molecule has 0 spiro atoms. The minimum atomic E-state index is -0.200. The van der Waals surface area contributed by atoms with Gasteiger partial charge in [-0.2, -0.15) is 0 Å². The van der Waals surface area contributed by atoms with Gasteiger partial charge in [-0.1, -0.05) is 0 Å². The van der Waals surface area contributed by atoms with Gasteiger partial charge in [-0.25, -0.2) is 4.39 Å². The number of methoxy groups -OCH3 is 1. The summed E-state index contributed by atoms with van der Waals surface area (Å²) in [6.07, 6.45) is 1.82. The van der Waals surface area contributed by atoms with Crippen molar-refractivity contribution in [3.05, 3.63) is 29.6 Å². The van der Waals surface area contributed by atoms with E-state index < -0.39 is 0 Å². The maximum Gasteiger partial charge on any atom is 0.123 e. The smallest absolute Gasteiger partial charge is 0.123 e. The molecule has 20 heavy (non-hydrogen) atoms. The highest BCUT2D eigenvalue weighted by atomic mass is 19.1. The molecule has 1 aliphatic heterocycles. The van der Waals surface area contributed by atoms with E-state index in [-0.39, 0.29) is 11.9 Å². The van der Waals surface area contributed by atoms with Gasteiger partial charge in [0.05, 0.1) is 13.2 Å². The normalized spacial score (nSPS) is 17.0. The number of ether oxygens (including phenoxy) is 3. The number of nitrogens with one attached hydrogen (secondary N) is 1. The number of hydrogen-bond acceptors (Lipinski definition) is 4. The van der Waals surface area contributed by atoms with E-state index in [0.29, 0.717) is 13.2 Å². The number of halogens is 1. The van der Waals surface area contributed by atoms with Gasteiger partial charge in [-0.3, -0.25) is 0 Å². The van der Waals surface area contributed by atoms with Crippen molar-refractivity contribution in [2.45, 2.75) is 18.9 Å². The lowest BCUT2D eigenvalue weighted by molar-refractivity contribution is 0.0692. The molecule has 0 amide bonds. The molecular weight excluding hydrogens is 261 g/mol. The molecule has 0 aromatic heterocycles. The average molecular weight is 283 g/mol. The van der Waals surface area contributed by atoms with E-state index in [1.807, 2.05) is 0 Å². The molecule has 0 aliphatic carbocycles. The standard InChI is InChI=1S/C15H22FNO3/c1-18-7-8-19-6-2-5-17-11-14-10-12-9-13(16)3-4-15(12)20-14/h3-4,9,14,17H,2,5-8,10-11H2,1H3. The van der Waals surface area contributed by atoms with Crippen LogP contribution >= 0.6 is 0 Å². The van der Waals surface area contributed by atoms with Crippen LogP contribution in [-0.2, 0) is 15.9 Å². The van der Waals surface area contributed by atoms with E-state index in [0.717, 1.165) is 43.9 Å². The van der Waals surface area contributed by atoms with Crippen LogP contribution in [0, 0.1) is 5.82 Å². The van der Waals surface area contributed by atoms with Gasteiger partial charge in [0.2, 0.25) is 0 Å². The first-order chi connectivity index (χ1) is 9.79. The van der Waals surface area contributed by atoms with Gasteiger partial charge < -0.3 is 19.5 Å². The summed E-state index contributed by atoms with van der Waals surface area (Å²) in [6.45, 7) is 3.67. The van der Waals surface area contributed by atoms with Gasteiger partial charge in [0.15, 0.2) is 0 Å². The Labute approximate surface area is 119 Å². The monoisotopic (exact) mass is 283 g/mol. The molecule has 0 radical (unpaired) electrons.